The van der Waals surface area contributed by atoms with Crippen LogP contribution in [0.5, 0.6) is 0 Å². The van der Waals surface area contributed by atoms with Crippen molar-refractivity contribution in [3.05, 3.63) is 0 Å². The maximum atomic E-state index is 3.70. The lowest BCUT2D eigenvalue weighted by Crippen LogP contribution is -2.60. The maximum Gasteiger partial charge on any atom is 0.0306 e. The summed E-state index contributed by atoms with van der Waals surface area (Å²) in [4.78, 5) is 0. The number of hydrogen-bond acceptors (Lipinski definition) is 2. The van der Waals surface area contributed by atoms with E-state index in [1.807, 2.05) is 0 Å². The highest BCUT2D eigenvalue weighted by atomic mass is 15.1. The van der Waals surface area contributed by atoms with E-state index in [-0.39, 0.29) is 0 Å². The second-order valence-electron chi connectivity index (χ2n) is 4.80. The zero-order chi connectivity index (χ0) is 9.15. The summed E-state index contributed by atoms with van der Waals surface area (Å²) in [6.07, 6.45) is 8.26. The summed E-state index contributed by atoms with van der Waals surface area (Å²) in [5, 5.41) is 7.37. The van der Waals surface area contributed by atoms with E-state index in [0.717, 1.165) is 6.04 Å². The van der Waals surface area contributed by atoms with Crippen molar-refractivity contribution in [2.24, 2.45) is 0 Å². The van der Waals surface area contributed by atoms with Crippen LogP contribution in [0, 0.1) is 0 Å². The van der Waals surface area contributed by atoms with E-state index in [0.29, 0.717) is 5.54 Å². The van der Waals surface area contributed by atoms with Gasteiger partial charge in [0.1, 0.15) is 0 Å². The average Bonchev–Trinajstić information content (AvgIpc) is 2.20. The molecule has 0 aromatic rings. The predicted molar refractivity (Wildman–Crippen MR) is 55.9 cm³/mol. The van der Waals surface area contributed by atoms with Crippen LogP contribution in [0.3, 0.4) is 0 Å². The second kappa shape index (κ2) is 3.97. The van der Waals surface area contributed by atoms with E-state index in [2.05, 4.69) is 17.6 Å². The Morgan fingerprint density at radius 2 is 1.92 bits per heavy atom. The molecule has 0 aromatic carbocycles. The molecule has 2 aliphatic heterocycles. The van der Waals surface area contributed by atoms with Crippen molar-refractivity contribution in [2.45, 2.75) is 57.0 Å². The first-order valence-electron chi connectivity index (χ1n) is 5.80. The van der Waals surface area contributed by atoms with Crippen LogP contribution in [0.2, 0.25) is 0 Å². The van der Waals surface area contributed by atoms with Crippen molar-refractivity contribution in [3.63, 3.8) is 0 Å². The van der Waals surface area contributed by atoms with Crippen molar-refractivity contribution in [2.75, 3.05) is 13.1 Å². The van der Waals surface area contributed by atoms with Gasteiger partial charge in [-0.15, -0.1) is 0 Å². The SMILES string of the molecule is CC1(C2CCCCN2)CCCCN1. The van der Waals surface area contributed by atoms with Gasteiger partial charge in [-0.25, -0.2) is 0 Å². The fourth-order valence-electron chi connectivity index (χ4n) is 2.77. The lowest BCUT2D eigenvalue weighted by molar-refractivity contribution is 0.179. The first kappa shape index (κ1) is 9.47. The summed E-state index contributed by atoms with van der Waals surface area (Å²) >= 11 is 0. The molecule has 0 aromatic heterocycles. The fraction of sp³-hybridized carbons (Fsp3) is 1.00. The molecule has 0 amide bonds. The third-order valence-electron chi connectivity index (χ3n) is 3.73. The van der Waals surface area contributed by atoms with Crippen LogP contribution in [-0.2, 0) is 0 Å². The molecule has 2 unspecified atom stereocenters. The Balaban J connectivity index is 1.94. The molecule has 2 aliphatic rings. The number of piperidine rings is 2. The lowest BCUT2D eigenvalue weighted by Gasteiger charge is -2.44. The average molecular weight is 182 g/mol. The van der Waals surface area contributed by atoms with Crippen LogP contribution >= 0.6 is 0 Å². The van der Waals surface area contributed by atoms with Gasteiger partial charge < -0.3 is 10.6 Å². The summed E-state index contributed by atoms with van der Waals surface area (Å²) in [6.45, 7) is 4.84. The van der Waals surface area contributed by atoms with Crippen molar-refractivity contribution in [1.82, 2.24) is 10.6 Å². The van der Waals surface area contributed by atoms with Crippen molar-refractivity contribution >= 4 is 0 Å². The Morgan fingerprint density at radius 3 is 2.54 bits per heavy atom. The van der Waals surface area contributed by atoms with Gasteiger partial charge in [0.2, 0.25) is 0 Å². The third kappa shape index (κ3) is 2.05. The van der Waals surface area contributed by atoms with Crippen molar-refractivity contribution < 1.29 is 0 Å². The maximum absolute atomic E-state index is 3.70. The van der Waals surface area contributed by atoms with Gasteiger partial charge in [0.15, 0.2) is 0 Å². The molecule has 2 heteroatoms. The van der Waals surface area contributed by atoms with Gasteiger partial charge >= 0.3 is 0 Å². The molecule has 2 N–H and O–H groups in total. The molecule has 2 saturated heterocycles. The zero-order valence-corrected chi connectivity index (χ0v) is 8.73. The molecule has 2 atom stereocenters. The smallest absolute Gasteiger partial charge is 0.0306 e. The minimum absolute atomic E-state index is 0.388. The Hall–Kier alpha value is -0.0800. The molecule has 2 nitrogen and oxygen atoms in total. The highest BCUT2D eigenvalue weighted by Gasteiger charge is 2.35. The molecule has 0 spiro atoms. The minimum atomic E-state index is 0.388. The van der Waals surface area contributed by atoms with Gasteiger partial charge in [0, 0.05) is 11.6 Å². The Morgan fingerprint density at radius 1 is 1.08 bits per heavy atom. The Labute approximate surface area is 81.5 Å². The summed E-state index contributed by atoms with van der Waals surface area (Å²) in [5.41, 5.74) is 0.388. The first-order valence-corrected chi connectivity index (χ1v) is 5.80. The van der Waals surface area contributed by atoms with Gasteiger partial charge in [-0.3, -0.25) is 0 Å². The van der Waals surface area contributed by atoms with Gasteiger partial charge in [-0.05, 0) is 45.7 Å². The largest absolute Gasteiger partial charge is 0.312 e. The highest BCUT2D eigenvalue weighted by Crippen LogP contribution is 2.26. The second-order valence-corrected chi connectivity index (χ2v) is 4.80. The molecule has 13 heavy (non-hydrogen) atoms. The quantitative estimate of drug-likeness (QED) is 0.644. The van der Waals surface area contributed by atoms with Crippen LogP contribution in [0.1, 0.15) is 45.4 Å². The van der Waals surface area contributed by atoms with E-state index >= 15 is 0 Å². The van der Waals surface area contributed by atoms with Crippen LogP contribution in [0.25, 0.3) is 0 Å². The van der Waals surface area contributed by atoms with Crippen LogP contribution in [-0.4, -0.2) is 24.7 Å². The van der Waals surface area contributed by atoms with E-state index in [1.54, 1.807) is 0 Å². The van der Waals surface area contributed by atoms with Crippen molar-refractivity contribution in [3.8, 4) is 0 Å². The predicted octanol–water partition coefficient (Wildman–Crippen LogP) is 1.66. The normalized spacial score (nSPS) is 41.8. The van der Waals surface area contributed by atoms with E-state index in [4.69, 9.17) is 0 Å². The van der Waals surface area contributed by atoms with Crippen LogP contribution in [0.4, 0.5) is 0 Å². The number of hydrogen-bond donors (Lipinski definition) is 2. The zero-order valence-electron chi connectivity index (χ0n) is 8.73. The van der Waals surface area contributed by atoms with E-state index in [9.17, 15) is 0 Å². The lowest BCUT2D eigenvalue weighted by atomic mass is 9.80. The fourth-order valence-corrected chi connectivity index (χ4v) is 2.77. The monoisotopic (exact) mass is 182 g/mol. The molecule has 2 heterocycles. The summed E-state index contributed by atoms with van der Waals surface area (Å²) in [7, 11) is 0. The molecule has 2 fully saturated rings. The minimum Gasteiger partial charge on any atom is -0.312 e. The molecule has 76 valence electrons. The highest BCUT2D eigenvalue weighted by molar-refractivity contribution is 4.98. The molecule has 0 aliphatic carbocycles. The standard InChI is InChI=1S/C11H22N2/c1-11(7-3-5-9-13-11)10-6-2-4-8-12-10/h10,12-13H,2-9H2,1H3. The van der Waals surface area contributed by atoms with Crippen LogP contribution in [0.15, 0.2) is 0 Å². The number of nitrogens with one attached hydrogen (secondary N) is 2. The molecular weight excluding hydrogens is 160 g/mol. The van der Waals surface area contributed by atoms with Crippen LogP contribution < -0.4 is 10.6 Å². The van der Waals surface area contributed by atoms with Gasteiger partial charge in [0.05, 0.1) is 0 Å². The topological polar surface area (TPSA) is 24.1 Å². The molecule has 2 rings (SSSR count). The molecule has 0 radical (unpaired) electrons. The molecule has 0 saturated carbocycles. The molecular formula is C11H22N2. The van der Waals surface area contributed by atoms with E-state index < -0.39 is 0 Å². The number of rotatable bonds is 1. The van der Waals surface area contributed by atoms with E-state index in [1.165, 1.54) is 51.6 Å². The Bertz CT molecular complexity index is 155. The van der Waals surface area contributed by atoms with Gasteiger partial charge in [0.25, 0.3) is 0 Å². The summed E-state index contributed by atoms with van der Waals surface area (Å²) in [5.74, 6) is 0. The summed E-state index contributed by atoms with van der Waals surface area (Å²) in [6, 6.07) is 0.724. The first-order chi connectivity index (χ1) is 6.31. The molecule has 0 bridgehead atoms. The van der Waals surface area contributed by atoms with Gasteiger partial charge in [-0.2, -0.15) is 0 Å². The third-order valence-corrected chi connectivity index (χ3v) is 3.73. The van der Waals surface area contributed by atoms with Gasteiger partial charge in [-0.1, -0.05) is 12.8 Å². The van der Waals surface area contributed by atoms with Crippen molar-refractivity contribution in [1.29, 1.82) is 0 Å². The summed E-state index contributed by atoms with van der Waals surface area (Å²) < 4.78 is 0. The Kier molecular flexibility index (Phi) is 2.89.